The summed E-state index contributed by atoms with van der Waals surface area (Å²) in [5.41, 5.74) is 0.715. The van der Waals surface area contributed by atoms with Crippen molar-refractivity contribution in [1.82, 2.24) is 13.9 Å². The van der Waals surface area contributed by atoms with Crippen molar-refractivity contribution in [2.24, 2.45) is 35.0 Å². The van der Waals surface area contributed by atoms with Gasteiger partial charge in [-0.15, -0.1) is 0 Å². The Kier molecular flexibility index (Phi) is 1.29. The van der Waals surface area contributed by atoms with Crippen LogP contribution in [0.1, 0.15) is 19.0 Å². The van der Waals surface area contributed by atoms with E-state index in [4.69, 9.17) is 0 Å². The lowest BCUT2D eigenvalue weighted by molar-refractivity contribution is 0.0636. The number of rotatable bonds is 1. The van der Waals surface area contributed by atoms with Crippen LogP contribution in [0.3, 0.4) is 0 Å². The molecule has 5 heteroatoms. The Labute approximate surface area is 125 Å². The maximum absolute atomic E-state index is 13.0. The van der Waals surface area contributed by atoms with Crippen molar-refractivity contribution in [3.63, 3.8) is 0 Å². The molecule has 110 valence electrons. The number of aromatic nitrogens is 3. The number of hydrogen-bond acceptors (Lipinski definition) is 2. The molecule has 1 aromatic heterocycles. The van der Waals surface area contributed by atoms with Crippen LogP contribution in [0.25, 0.3) is 5.69 Å². The number of nitrogens with zero attached hydrogens (tertiary/aromatic N) is 3. The van der Waals surface area contributed by atoms with Crippen molar-refractivity contribution >= 4 is 0 Å². The van der Waals surface area contributed by atoms with Gasteiger partial charge >= 0.3 is 11.4 Å². The van der Waals surface area contributed by atoms with E-state index in [0.29, 0.717) is 34.9 Å². The quantitative estimate of drug-likeness (QED) is 0.789. The minimum atomic E-state index is -0.137. The van der Waals surface area contributed by atoms with E-state index < -0.39 is 0 Å². The molecule has 1 aromatic carbocycles. The molecular formula is C17H15N3O2. The molecule has 2 aromatic rings. The first-order valence-corrected chi connectivity index (χ1v) is 8.19. The van der Waals surface area contributed by atoms with Gasteiger partial charge in [0, 0.05) is 0 Å². The third-order valence-electron chi connectivity index (χ3n) is 7.65. The molecule has 2 aliphatic heterocycles. The predicted molar refractivity (Wildman–Crippen MR) is 77.9 cm³/mol. The van der Waals surface area contributed by atoms with Crippen molar-refractivity contribution in [3.8, 4) is 5.69 Å². The zero-order valence-electron chi connectivity index (χ0n) is 12.1. The van der Waals surface area contributed by atoms with Gasteiger partial charge < -0.3 is 0 Å². The van der Waals surface area contributed by atoms with Crippen LogP contribution in [0.2, 0.25) is 0 Å². The molecule has 8 rings (SSSR count). The first-order valence-electron chi connectivity index (χ1n) is 8.19. The highest BCUT2D eigenvalue weighted by atomic mass is 16.2. The minimum absolute atomic E-state index is 0.134. The first-order chi connectivity index (χ1) is 10.7. The molecule has 0 radical (unpaired) electrons. The largest absolute Gasteiger partial charge is 0.352 e. The van der Waals surface area contributed by atoms with Crippen molar-refractivity contribution in [1.29, 1.82) is 0 Å². The molecule has 4 fully saturated rings. The van der Waals surface area contributed by atoms with E-state index >= 15 is 0 Å². The Bertz CT molecular complexity index is 999. The smallest absolute Gasteiger partial charge is 0.245 e. The molecule has 0 N–H and O–H groups in total. The Hall–Kier alpha value is -2.04. The number of hydrogen-bond donors (Lipinski definition) is 0. The molecule has 2 bridgehead atoms. The molecule has 22 heavy (non-hydrogen) atoms. The van der Waals surface area contributed by atoms with E-state index in [1.807, 2.05) is 39.7 Å². The summed E-state index contributed by atoms with van der Waals surface area (Å²) in [7, 11) is 0. The lowest BCUT2D eigenvalue weighted by atomic mass is 9.80. The van der Waals surface area contributed by atoms with Gasteiger partial charge in [-0.1, -0.05) is 25.1 Å². The molecule has 0 saturated heterocycles. The highest BCUT2D eigenvalue weighted by Crippen LogP contribution is 2.96. The molecule has 4 saturated carbocycles. The molecule has 3 heterocycles. The third kappa shape index (κ3) is 0.733. The summed E-state index contributed by atoms with van der Waals surface area (Å²) in [6, 6.07) is 9.89. The SMILES string of the molecule is C[C@]12[C@@H]3[C@@H]4[C@@H]5[C@H]4[C@H]1n1c(=O)n(-c4ccccc4)c(=O)n1[C@H]5[C@H]32. The topological polar surface area (TPSA) is 48.9 Å². The Morgan fingerprint density at radius 2 is 1.64 bits per heavy atom. The second-order valence-corrected chi connectivity index (χ2v) is 8.01. The zero-order valence-corrected chi connectivity index (χ0v) is 12.1. The van der Waals surface area contributed by atoms with Crippen molar-refractivity contribution in [2.45, 2.75) is 19.0 Å². The van der Waals surface area contributed by atoms with Crippen LogP contribution in [0.15, 0.2) is 39.9 Å². The summed E-state index contributed by atoms with van der Waals surface area (Å²) in [5, 5.41) is 0. The van der Waals surface area contributed by atoms with Crippen LogP contribution < -0.4 is 11.4 Å². The average molecular weight is 293 g/mol. The Morgan fingerprint density at radius 3 is 2.32 bits per heavy atom. The van der Waals surface area contributed by atoms with Gasteiger partial charge in [0.2, 0.25) is 0 Å². The van der Waals surface area contributed by atoms with Gasteiger partial charge in [0.15, 0.2) is 0 Å². The van der Waals surface area contributed by atoms with E-state index in [0.717, 1.165) is 11.8 Å². The zero-order chi connectivity index (χ0) is 14.5. The van der Waals surface area contributed by atoms with E-state index in [9.17, 15) is 9.59 Å². The molecule has 0 spiro atoms. The minimum Gasteiger partial charge on any atom is -0.245 e. The summed E-state index contributed by atoms with van der Waals surface area (Å²) < 4.78 is 5.04. The van der Waals surface area contributed by atoms with E-state index in [2.05, 4.69) is 6.92 Å². The summed E-state index contributed by atoms with van der Waals surface area (Å²) in [6.07, 6.45) is 0. The molecular weight excluding hydrogens is 278 g/mol. The molecule has 5 nitrogen and oxygen atoms in total. The van der Waals surface area contributed by atoms with E-state index in [1.54, 1.807) is 0 Å². The summed E-state index contributed by atoms with van der Waals surface area (Å²) >= 11 is 0. The van der Waals surface area contributed by atoms with Crippen LogP contribution in [0.5, 0.6) is 0 Å². The standard InChI is InChI=1S/C17H15N3O2/c1-17-11-8-9-10(8)14(17)20-16(22)18(7-5-3-2-4-6-7)15(21)19(20)13(9)12(11)17/h2-6,8-14H,1H3/t8-,9-,10+,11-,12+,13-,14-,17-/m1/s1. The van der Waals surface area contributed by atoms with Gasteiger partial charge in [-0.3, -0.25) is 0 Å². The summed E-state index contributed by atoms with van der Waals surface area (Å²) in [6.45, 7) is 2.35. The van der Waals surface area contributed by atoms with Gasteiger partial charge in [0.1, 0.15) is 0 Å². The van der Waals surface area contributed by atoms with E-state index in [-0.39, 0.29) is 17.4 Å². The summed E-state index contributed by atoms with van der Waals surface area (Å²) in [4.78, 5) is 26.0. The van der Waals surface area contributed by atoms with Gasteiger partial charge in [-0.2, -0.15) is 0 Å². The van der Waals surface area contributed by atoms with Crippen LogP contribution in [-0.4, -0.2) is 13.9 Å². The molecule has 0 unspecified atom stereocenters. The van der Waals surface area contributed by atoms with Gasteiger partial charge in [-0.05, 0) is 47.1 Å². The molecule has 4 aliphatic carbocycles. The van der Waals surface area contributed by atoms with Crippen LogP contribution in [0, 0.1) is 35.0 Å². The lowest BCUT2D eigenvalue weighted by Crippen LogP contribution is -2.48. The highest BCUT2D eigenvalue weighted by Gasteiger charge is 2.95. The van der Waals surface area contributed by atoms with Gasteiger partial charge in [0.25, 0.3) is 0 Å². The van der Waals surface area contributed by atoms with Crippen molar-refractivity contribution in [3.05, 3.63) is 51.3 Å². The highest BCUT2D eigenvalue weighted by molar-refractivity contribution is 5.42. The fraction of sp³-hybridized carbons (Fsp3) is 0.529. The number of para-hydroxylation sites is 1. The van der Waals surface area contributed by atoms with Crippen molar-refractivity contribution < 1.29 is 0 Å². The Balaban J connectivity index is 1.59. The molecule has 8 atom stereocenters. The average Bonchev–Trinajstić information content (AvgIpc) is 3.26. The lowest BCUT2D eigenvalue weighted by Gasteiger charge is -2.41. The van der Waals surface area contributed by atoms with Crippen LogP contribution in [-0.2, 0) is 0 Å². The molecule has 6 aliphatic rings. The Morgan fingerprint density at radius 1 is 0.909 bits per heavy atom. The van der Waals surface area contributed by atoms with Gasteiger partial charge in [0.05, 0.1) is 17.8 Å². The van der Waals surface area contributed by atoms with E-state index in [1.165, 1.54) is 4.57 Å². The monoisotopic (exact) mass is 293 g/mol. The second-order valence-electron chi connectivity index (χ2n) is 8.01. The number of benzene rings is 1. The van der Waals surface area contributed by atoms with Crippen LogP contribution >= 0.6 is 0 Å². The third-order valence-corrected chi connectivity index (χ3v) is 7.65. The fourth-order valence-electron chi connectivity index (χ4n) is 7.16. The van der Waals surface area contributed by atoms with Crippen LogP contribution in [0.4, 0.5) is 0 Å². The van der Waals surface area contributed by atoms with Gasteiger partial charge in [-0.25, -0.2) is 23.5 Å². The predicted octanol–water partition coefficient (Wildman–Crippen LogP) is 1.04. The molecule has 0 amide bonds. The second kappa shape index (κ2) is 2.66. The summed E-state index contributed by atoms with van der Waals surface area (Å²) in [5.74, 6) is 3.61. The normalized spacial score (nSPS) is 50.1. The maximum atomic E-state index is 13.0. The first kappa shape index (κ1) is 10.6. The van der Waals surface area contributed by atoms with Crippen molar-refractivity contribution in [2.75, 3.05) is 0 Å². The maximum Gasteiger partial charge on any atom is 0.352 e. The fourth-order valence-corrected chi connectivity index (χ4v) is 7.16.